The van der Waals surface area contributed by atoms with Crippen LogP contribution >= 0.6 is 0 Å². The Balaban J connectivity index is 1.94. The molecule has 2 aromatic carbocycles. The van der Waals surface area contributed by atoms with E-state index in [1.165, 1.54) is 6.07 Å². The van der Waals surface area contributed by atoms with Gasteiger partial charge in [-0.25, -0.2) is 4.39 Å². The monoisotopic (exact) mass is 287 g/mol. The van der Waals surface area contributed by atoms with Gasteiger partial charge in [-0.1, -0.05) is 37.3 Å². The van der Waals surface area contributed by atoms with E-state index in [0.29, 0.717) is 6.61 Å². The van der Waals surface area contributed by atoms with E-state index in [9.17, 15) is 4.39 Å². The number of hydrogen-bond donors (Lipinski definition) is 1. The highest BCUT2D eigenvalue weighted by Gasteiger charge is 2.10. The Bertz CT molecular complexity index is 530. The summed E-state index contributed by atoms with van der Waals surface area (Å²) in [6, 6.07) is 16.7. The van der Waals surface area contributed by atoms with Gasteiger partial charge in [0, 0.05) is 6.04 Å². The summed E-state index contributed by atoms with van der Waals surface area (Å²) in [5, 5.41) is 3.46. The number of ether oxygens (including phenoxy) is 1. The van der Waals surface area contributed by atoms with E-state index in [2.05, 4.69) is 12.2 Å². The summed E-state index contributed by atoms with van der Waals surface area (Å²) in [5.74, 6) is 0.672. The molecule has 0 amide bonds. The fraction of sp³-hybridized carbons (Fsp3) is 0.333. The zero-order valence-electron chi connectivity index (χ0n) is 12.4. The van der Waals surface area contributed by atoms with Crippen molar-refractivity contribution in [3.63, 3.8) is 0 Å². The van der Waals surface area contributed by atoms with Crippen molar-refractivity contribution in [2.45, 2.75) is 25.8 Å². The van der Waals surface area contributed by atoms with Gasteiger partial charge in [0.15, 0.2) is 0 Å². The van der Waals surface area contributed by atoms with Crippen LogP contribution in [0.5, 0.6) is 5.75 Å². The quantitative estimate of drug-likeness (QED) is 0.797. The summed E-state index contributed by atoms with van der Waals surface area (Å²) in [4.78, 5) is 0. The summed E-state index contributed by atoms with van der Waals surface area (Å²) >= 11 is 0. The van der Waals surface area contributed by atoms with Crippen LogP contribution in [-0.4, -0.2) is 19.2 Å². The highest BCUT2D eigenvalue weighted by Crippen LogP contribution is 2.11. The van der Waals surface area contributed by atoms with Crippen LogP contribution in [0.15, 0.2) is 54.6 Å². The van der Waals surface area contributed by atoms with Gasteiger partial charge in [0.25, 0.3) is 0 Å². The third-order valence-corrected chi connectivity index (χ3v) is 3.25. The van der Waals surface area contributed by atoms with Crippen LogP contribution in [0.1, 0.15) is 18.9 Å². The Hall–Kier alpha value is -1.87. The van der Waals surface area contributed by atoms with Gasteiger partial charge in [-0.2, -0.15) is 0 Å². The minimum Gasteiger partial charge on any atom is -0.492 e. The molecule has 0 aromatic heterocycles. The highest BCUT2D eigenvalue weighted by molar-refractivity contribution is 5.21. The highest BCUT2D eigenvalue weighted by atomic mass is 19.1. The SMILES string of the molecule is CCCNC(COc1ccccc1)Cc1cccc(F)c1. The predicted molar refractivity (Wildman–Crippen MR) is 84.1 cm³/mol. The Morgan fingerprint density at radius 3 is 2.62 bits per heavy atom. The Labute approximate surface area is 126 Å². The lowest BCUT2D eigenvalue weighted by Crippen LogP contribution is -2.37. The van der Waals surface area contributed by atoms with E-state index in [0.717, 1.165) is 30.7 Å². The molecule has 0 fully saturated rings. The number of para-hydroxylation sites is 1. The van der Waals surface area contributed by atoms with E-state index in [4.69, 9.17) is 4.74 Å². The van der Waals surface area contributed by atoms with Crippen LogP contribution < -0.4 is 10.1 Å². The lowest BCUT2D eigenvalue weighted by Gasteiger charge is -2.19. The van der Waals surface area contributed by atoms with Gasteiger partial charge in [0.2, 0.25) is 0 Å². The Morgan fingerprint density at radius 2 is 1.90 bits per heavy atom. The Morgan fingerprint density at radius 1 is 1.10 bits per heavy atom. The summed E-state index contributed by atoms with van der Waals surface area (Å²) in [6.45, 7) is 3.63. The van der Waals surface area contributed by atoms with Crippen molar-refractivity contribution in [1.82, 2.24) is 5.32 Å². The molecule has 0 bridgehead atoms. The molecule has 2 aromatic rings. The molecular formula is C18H22FNO. The minimum atomic E-state index is -0.189. The molecule has 0 aliphatic carbocycles. The van der Waals surface area contributed by atoms with E-state index in [1.807, 2.05) is 36.4 Å². The van der Waals surface area contributed by atoms with Crippen molar-refractivity contribution < 1.29 is 9.13 Å². The first-order valence-electron chi connectivity index (χ1n) is 7.43. The maximum Gasteiger partial charge on any atom is 0.123 e. The van der Waals surface area contributed by atoms with Crippen LogP contribution in [0.4, 0.5) is 4.39 Å². The molecule has 1 atom stereocenters. The molecule has 0 aliphatic rings. The molecular weight excluding hydrogens is 265 g/mol. The molecule has 2 nitrogen and oxygen atoms in total. The van der Waals surface area contributed by atoms with Crippen LogP contribution in [0, 0.1) is 5.82 Å². The van der Waals surface area contributed by atoms with Crippen molar-refractivity contribution in [3.05, 3.63) is 66.0 Å². The number of halogens is 1. The number of benzene rings is 2. The lowest BCUT2D eigenvalue weighted by molar-refractivity contribution is 0.263. The van der Waals surface area contributed by atoms with E-state index >= 15 is 0 Å². The molecule has 0 heterocycles. The molecule has 0 spiro atoms. The fourth-order valence-corrected chi connectivity index (χ4v) is 2.20. The summed E-state index contributed by atoms with van der Waals surface area (Å²) in [7, 11) is 0. The van der Waals surface area contributed by atoms with Crippen LogP contribution in [0.25, 0.3) is 0 Å². The van der Waals surface area contributed by atoms with Gasteiger partial charge in [0.1, 0.15) is 18.2 Å². The maximum atomic E-state index is 13.3. The van der Waals surface area contributed by atoms with Crippen LogP contribution in [-0.2, 0) is 6.42 Å². The number of rotatable bonds is 8. The van der Waals surface area contributed by atoms with E-state index in [1.54, 1.807) is 12.1 Å². The standard InChI is InChI=1S/C18H22FNO/c1-2-11-20-17(13-15-7-6-8-16(19)12-15)14-21-18-9-4-3-5-10-18/h3-10,12,17,20H,2,11,13-14H2,1H3. The normalized spacial score (nSPS) is 12.1. The first-order valence-corrected chi connectivity index (χ1v) is 7.43. The molecule has 0 aliphatic heterocycles. The van der Waals surface area contributed by atoms with Gasteiger partial charge in [-0.3, -0.25) is 0 Å². The number of nitrogens with one attached hydrogen (secondary N) is 1. The van der Waals surface area contributed by atoms with Crippen molar-refractivity contribution in [1.29, 1.82) is 0 Å². The molecule has 3 heteroatoms. The van der Waals surface area contributed by atoms with Gasteiger partial charge < -0.3 is 10.1 Å². The van der Waals surface area contributed by atoms with Crippen molar-refractivity contribution >= 4 is 0 Å². The van der Waals surface area contributed by atoms with E-state index < -0.39 is 0 Å². The van der Waals surface area contributed by atoms with Gasteiger partial charge in [-0.15, -0.1) is 0 Å². The van der Waals surface area contributed by atoms with Crippen molar-refractivity contribution in [3.8, 4) is 5.75 Å². The number of hydrogen-bond acceptors (Lipinski definition) is 2. The van der Waals surface area contributed by atoms with Gasteiger partial charge in [0.05, 0.1) is 0 Å². The maximum absolute atomic E-state index is 13.3. The average molecular weight is 287 g/mol. The second-order valence-corrected chi connectivity index (χ2v) is 5.11. The van der Waals surface area contributed by atoms with Crippen LogP contribution in [0.2, 0.25) is 0 Å². The van der Waals surface area contributed by atoms with E-state index in [-0.39, 0.29) is 11.9 Å². The molecule has 21 heavy (non-hydrogen) atoms. The summed E-state index contributed by atoms with van der Waals surface area (Å²) in [6.07, 6.45) is 1.82. The zero-order valence-corrected chi connectivity index (χ0v) is 12.4. The smallest absolute Gasteiger partial charge is 0.123 e. The summed E-state index contributed by atoms with van der Waals surface area (Å²) < 4.78 is 19.1. The second-order valence-electron chi connectivity index (χ2n) is 5.11. The van der Waals surface area contributed by atoms with Crippen molar-refractivity contribution in [2.24, 2.45) is 0 Å². The first-order chi connectivity index (χ1) is 10.3. The largest absolute Gasteiger partial charge is 0.492 e. The molecule has 0 radical (unpaired) electrons. The third kappa shape index (κ3) is 5.56. The fourth-order valence-electron chi connectivity index (χ4n) is 2.20. The average Bonchev–Trinajstić information content (AvgIpc) is 2.51. The minimum absolute atomic E-state index is 0.173. The Kier molecular flexibility index (Phi) is 6.22. The van der Waals surface area contributed by atoms with Crippen molar-refractivity contribution in [2.75, 3.05) is 13.2 Å². The zero-order chi connectivity index (χ0) is 14.9. The first kappa shape index (κ1) is 15.5. The van der Waals surface area contributed by atoms with Crippen LogP contribution in [0.3, 0.4) is 0 Å². The van der Waals surface area contributed by atoms with Gasteiger partial charge in [-0.05, 0) is 49.2 Å². The molecule has 0 saturated heterocycles. The second kappa shape index (κ2) is 8.42. The molecule has 2 rings (SSSR count). The molecule has 1 unspecified atom stereocenters. The predicted octanol–water partition coefficient (Wildman–Crippen LogP) is 3.82. The molecule has 1 N–H and O–H groups in total. The summed E-state index contributed by atoms with van der Waals surface area (Å²) in [5.41, 5.74) is 0.986. The molecule has 0 saturated carbocycles. The lowest BCUT2D eigenvalue weighted by atomic mass is 10.1. The molecule has 112 valence electrons. The van der Waals surface area contributed by atoms with Gasteiger partial charge >= 0.3 is 0 Å². The third-order valence-electron chi connectivity index (χ3n) is 3.25. The topological polar surface area (TPSA) is 21.3 Å².